The van der Waals surface area contributed by atoms with E-state index in [4.69, 9.17) is 4.74 Å². The monoisotopic (exact) mass is 264 g/mol. The number of carbonyl (C=O) groups excluding carboxylic acids is 1. The average Bonchev–Trinajstić information content (AvgIpc) is 2.46. The van der Waals surface area contributed by atoms with Crippen molar-refractivity contribution in [2.75, 3.05) is 31.6 Å². The molecular weight excluding hydrogens is 244 g/mol. The third-order valence-electron chi connectivity index (χ3n) is 3.03. The number of hydrogen-bond acceptors (Lipinski definition) is 5. The van der Waals surface area contributed by atoms with E-state index in [0.29, 0.717) is 18.4 Å². The lowest BCUT2D eigenvalue weighted by atomic mass is 10.1. The zero-order valence-electron chi connectivity index (χ0n) is 11.3. The number of rotatable bonds is 5. The van der Waals surface area contributed by atoms with Crippen LogP contribution in [0.15, 0.2) is 12.3 Å². The van der Waals surface area contributed by atoms with Crippen LogP contribution in [0.1, 0.15) is 26.2 Å². The molecule has 1 aromatic rings. The average molecular weight is 264 g/mol. The first kappa shape index (κ1) is 13.6. The molecule has 1 aromatic heterocycles. The first-order valence-electron chi connectivity index (χ1n) is 6.77. The number of ether oxygens (including phenoxy) is 1. The molecule has 0 aromatic carbocycles. The Balaban J connectivity index is 1.83. The Morgan fingerprint density at radius 3 is 2.95 bits per heavy atom. The van der Waals surface area contributed by atoms with E-state index in [1.54, 1.807) is 12.3 Å². The summed E-state index contributed by atoms with van der Waals surface area (Å²) in [6, 6.07) is 1.70. The lowest BCUT2D eigenvalue weighted by Crippen LogP contribution is -2.39. The highest BCUT2D eigenvalue weighted by atomic mass is 16.5. The van der Waals surface area contributed by atoms with Crippen LogP contribution in [0.5, 0.6) is 5.88 Å². The molecule has 1 N–H and O–H groups in total. The van der Waals surface area contributed by atoms with Gasteiger partial charge in [-0.3, -0.25) is 4.79 Å². The predicted octanol–water partition coefficient (Wildman–Crippen LogP) is 1.30. The van der Waals surface area contributed by atoms with Crippen molar-refractivity contribution >= 4 is 11.9 Å². The number of amides is 1. The molecule has 1 aliphatic rings. The number of nitrogens with zero attached hydrogens (tertiary/aromatic N) is 3. The van der Waals surface area contributed by atoms with Crippen LogP contribution in [-0.2, 0) is 4.79 Å². The Hall–Kier alpha value is -1.85. The second-order valence-corrected chi connectivity index (χ2v) is 4.45. The minimum Gasteiger partial charge on any atom is -0.478 e. The molecule has 0 saturated carbocycles. The first-order valence-corrected chi connectivity index (χ1v) is 6.77. The van der Waals surface area contributed by atoms with Crippen LogP contribution in [0.2, 0.25) is 0 Å². The molecule has 1 amide bonds. The molecule has 0 atom stereocenters. The Morgan fingerprint density at radius 1 is 1.42 bits per heavy atom. The van der Waals surface area contributed by atoms with Crippen molar-refractivity contribution in [3.63, 3.8) is 0 Å². The topological polar surface area (TPSA) is 67.3 Å². The van der Waals surface area contributed by atoms with Gasteiger partial charge in [-0.2, -0.15) is 4.98 Å². The summed E-state index contributed by atoms with van der Waals surface area (Å²) < 4.78 is 5.28. The van der Waals surface area contributed by atoms with Gasteiger partial charge in [0.15, 0.2) is 0 Å². The SMILES string of the molecule is CCOc1ccnc(NCC(=O)N2CCCCC2)n1. The van der Waals surface area contributed by atoms with E-state index in [9.17, 15) is 4.79 Å². The Morgan fingerprint density at radius 2 is 2.21 bits per heavy atom. The number of piperidine rings is 1. The van der Waals surface area contributed by atoms with Crippen molar-refractivity contribution in [3.05, 3.63) is 12.3 Å². The second-order valence-electron chi connectivity index (χ2n) is 4.45. The molecule has 1 fully saturated rings. The third kappa shape index (κ3) is 4.08. The highest BCUT2D eigenvalue weighted by Crippen LogP contribution is 2.10. The zero-order valence-corrected chi connectivity index (χ0v) is 11.3. The lowest BCUT2D eigenvalue weighted by Gasteiger charge is -2.26. The minimum atomic E-state index is 0.102. The first-order chi connectivity index (χ1) is 9.29. The van der Waals surface area contributed by atoms with Crippen LogP contribution >= 0.6 is 0 Å². The summed E-state index contributed by atoms with van der Waals surface area (Å²) >= 11 is 0. The van der Waals surface area contributed by atoms with Crippen molar-refractivity contribution in [3.8, 4) is 5.88 Å². The molecule has 0 radical (unpaired) electrons. The largest absolute Gasteiger partial charge is 0.478 e. The van der Waals surface area contributed by atoms with E-state index in [-0.39, 0.29) is 12.5 Å². The van der Waals surface area contributed by atoms with Crippen molar-refractivity contribution < 1.29 is 9.53 Å². The third-order valence-corrected chi connectivity index (χ3v) is 3.03. The molecular formula is C13H20N4O2. The molecule has 0 unspecified atom stereocenters. The maximum absolute atomic E-state index is 12.0. The van der Waals surface area contributed by atoms with Gasteiger partial charge in [-0.15, -0.1) is 0 Å². The van der Waals surface area contributed by atoms with Crippen LogP contribution in [-0.4, -0.2) is 47.0 Å². The highest BCUT2D eigenvalue weighted by Gasteiger charge is 2.16. The van der Waals surface area contributed by atoms with E-state index < -0.39 is 0 Å². The van der Waals surface area contributed by atoms with Gasteiger partial charge < -0.3 is 15.0 Å². The summed E-state index contributed by atoms with van der Waals surface area (Å²) in [6.07, 6.45) is 5.03. The number of nitrogens with one attached hydrogen (secondary N) is 1. The Kier molecular flexibility index (Phi) is 4.94. The number of carbonyl (C=O) groups is 1. The molecule has 19 heavy (non-hydrogen) atoms. The molecule has 2 heterocycles. The molecule has 1 saturated heterocycles. The molecule has 1 aliphatic heterocycles. The smallest absolute Gasteiger partial charge is 0.241 e. The fraction of sp³-hybridized carbons (Fsp3) is 0.615. The number of likely N-dealkylation sites (tertiary alicyclic amines) is 1. The van der Waals surface area contributed by atoms with Gasteiger partial charge in [0.1, 0.15) is 0 Å². The van der Waals surface area contributed by atoms with Crippen molar-refractivity contribution in [1.29, 1.82) is 0 Å². The van der Waals surface area contributed by atoms with Gasteiger partial charge in [-0.05, 0) is 26.2 Å². The van der Waals surface area contributed by atoms with Crippen molar-refractivity contribution in [1.82, 2.24) is 14.9 Å². The van der Waals surface area contributed by atoms with Gasteiger partial charge in [0.25, 0.3) is 0 Å². The van der Waals surface area contributed by atoms with Crippen LogP contribution in [0.25, 0.3) is 0 Å². The fourth-order valence-electron chi connectivity index (χ4n) is 2.07. The number of anilines is 1. The van der Waals surface area contributed by atoms with Gasteiger partial charge in [0.2, 0.25) is 17.7 Å². The predicted molar refractivity (Wildman–Crippen MR) is 72.1 cm³/mol. The van der Waals surface area contributed by atoms with Crippen LogP contribution in [0.3, 0.4) is 0 Å². The molecule has 0 aliphatic carbocycles. The van der Waals surface area contributed by atoms with E-state index >= 15 is 0 Å². The Bertz CT molecular complexity index is 419. The van der Waals surface area contributed by atoms with Crippen molar-refractivity contribution in [2.24, 2.45) is 0 Å². The van der Waals surface area contributed by atoms with Gasteiger partial charge in [-0.1, -0.05) is 0 Å². The number of aromatic nitrogens is 2. The second kappa shape index (κ2) is 6.92. The van der Waals surface area contributed by atoms with Gasteiger partial charge in [-0.25, -0.2) is 4.98 Å². The van der Waals surface area contributed by atoms with E-state index in [0.717, 1.165) is 25.9 Å². The van der Waals surface area contributed by atoms with E-state index in [1.165, 1.54) is 6.42 Å². The Labute approximate surface area is 113 Å². The number of hydrogen-bond donors (Lipinski definition) is 1. The van der Waals surface area contributed by atoms with Gasteiger partial charge >= 0.3 is 0 Å². The molecule has 0 spiro atoms. The van der Waals surface area contributed by atoms with E-state index in [1.807, 2.05) is 11.8 Å². The van der Waals surface area contributed by atoms with Crippen LogP contribution in [0.4, 0.5) is 5.95 Å². The van der Waals surface area contributed by atoms with E-state index in [2.05, 4.69) is 15.3 Å². The molecule has 0 bridgehead atoms. The zero-order chi connectivity index (χ0) is 13.5. The standard InChI is InChI=1S/C13H20N4O2/c1-2-19-11-6-7-14-13(16-11)15-10-12(18)17-8-4-3-5-9-17/h6-7H,2-5,8-10H2,1H3,(H,14,15,16). The van der Waals surface area contributed by atoms with Crippen LogP contribution < -0.4 is 10.1 Å². The maximum atomic E-state index is 12.0. The quantitative estimate of drug-likeness (QED) is 0.868. The maximum Gasteiger partial charge on any atom is 0.241 e. The lowest BCUT2D eigenvalue weighted by molar-refractivity contribution is -0.130. The summed E-state index contributed by atoms with van der Waals surface area (Å²) in [5, 5.41) is 2.95. The summed E-state index contributed by atoms with van der Waals surface area (Å²) in [5.41, 5.74) is 0. The van der Waals surface area contributed by atoms with Crippen molar-refractivity contribution in [2.45, 2.75) is 26.2 Å². The normalized spacial score (nSPS) is 15.1. The summed E-state index contributed by atoms with van der Waals surface area (Å²) in [7, 11) is 0. The minimum absolute atomic E-state index is 0.102. The van der Waals surface area contributed by atoms with Gasteiger partial charge in [0.05, 0.1) is 13.2 Å². The fourth-order valence-corrected chi connectivity index (χ4v) is 2.07. The summed E-state index contributed by atoms with van der Waals surface area (Å²) in [4.78, 5) is 22.1. The summed E-state index contributed by atoms with van der Waals surface area (Å²) in [6.45, 7) is 4.41. The van der Waals surface area contributed by atoms with Gasteiger partial charge in [0, 0.05) is 25.4 Å². The summed E-state index contributed by atoms with van der Waals surface area (Å²) in [5.74, 6) is 1.05. The highest BCUT2D eigenvalue weighted by molar-refractivity contribution is 5.80. The molecule has 104 valence electrons. The molecule has 6 nitrogen and oxygen atoms in total. The molecule has 6 heteroatoms. The van der Waals surface area contributed by atoms with Crippen LogP contribution in [0, 0.1) is 0 Å². The molecule has 2 rings (SSSR count).